The molecule has 4 aromatic rings. The largest absolute Gasteiger partial charge is 0.504 e. The number of hydrogen-bond acceptors (Lipinski definition) is 16. The predicted octanol–water partition coefficient (Wildman–Crippen LogP) is 2.78. The zero-order chi connectivity index (χ0) is 44.0. The molecular weight excluding hydrogens is 792 g/mol. The van der Waals surface area contributed by atoms with E-state index in [0.717, 1.165) is 74.2 Å². The van der Waals surface area contributed by atoms with Crippen molar-refractivity contribution in [3.05, 3.63) is 70.8 Å². The van der Waals surface area contributed by atoms with Crippen molar-refractivity contribution in [1.29, 1.82) is 0 Å². The van der Waals surface area contributed by atoms with Gasteiger partial charge in [0.1, 0.15) is 0 Å². The van der Waals surface area contributed by atoms with Crippen LogP contribution in [0.4, 0.5) is 0 Å². The molecule has 2 aliphatic rings. The second-order valence-electron chi connectivity index (χ2n) is 14.3. The first-order valence-electron chi connectivity index (χ1n) is 18.6. The molecule has 0 bridgehead atoms. The number of hydrogen-bond donors (Lipinski definition) is 16. The van der Waals surface area contributed by atoms with Crippen molar-refractivity contribution < 1.29 is 80.5 Å². The van der Waals surface area contributed by atoms with Crippen molar-refractivity contribution in [3.8, 4) is 69.0 Å². The minimum absolute atomic E-state index is 0.0631. The first kappa shape index (κ1) is 43.5. The Kier molecular flexibility index (Phi) is 13.3. The number of carbonyl (C=O) groups is 4. The predicted molar refractivity (Wildman–Crippen MR) is 208 cm³/mol. The van der Waals surface area contributed by atoms with Gasteiger partial charge < -0.3 is 82.5 Å². The first-order chi connectivity index (χ1) is 28.3. The van der Waals surface area contributed by atoms with Crippen LogP contribution in [-0.2, 0) is 0 Å². The summed E-state index contributed by atoms with van der Waals surface area (Å²) in [5, 5.41) is 125. The fraction of sp³-hybridized carbons (Fsp3) is 0.300. The highest BCUT2D eigenvalue weighted by atomic mass is 16.3. The minimum atomic E-state index is -0.727. The second-order valence-corrected chi connectivity index (χ2v) is 14.3. The molecule has 4 amide bonds. The third-order valence-electron chi connectivity index (χ3n) is 10.1. The SMILES string of the molecule is O=C(N[C@@H]1CCCC[C@H]1NC(=O)c1cc(O)c(O)c(O)c1)c1cc(O)c(O)c(O)c1.O=C(N[C@H]1CCCC[C@H]1NC(=O)c1cc(O)c(O)c(O)c1)c1cc(O)c(O)c(O)c1. The molecule has 20 heteroatoms. The van der Waals surface area contributed by atoms with Crippen molar-refractivity contribution in [3.63, 3.8) is 0 Å². The standard InChI is InChI=1S/2C20H22N2O8/c2*23-13-5-9(6-14(24)17(13)27)19(29)21-11-3-1-2-4-12(11)22-20(30)10-7-15(25)18(28)16(26)8-10/h2*5-8,11-12,23-28H,1-4H2,(H,21,29)(H,22,30)/t11-,12+;11-,12-/m.1/s1. The fourth-order valence-electron chi connectivity index (χ4n) is 6.90. The molecule has 60 heavy (non-hydrogen) atoms. The lowest BCUT2D eigenvalue weighted by atomic mass is 9.89. The van der Waals surface area contributed by atoms with Gasteiger partial charge in [0, 0.05) is 46.4 Å². The molecular formula is C40H44N4O16. The van der Waals surface area contributed by atoms with Crippen LogP contribution in [0, 0.1) is 0 Å². The van der Waals surface area contributed by atoms with Gasteiger partial charge in [0.05, 0.1) is 0 Å². The van der Waals surface area contributed by atoms with Crippen LogP contribution in [-0.4, -0.2) is 109 Å². The van der Waals surface area contributed by atoms with Crippen LogP contribution in [0.25, 0.3) is 0 Å². The lowest BCUT2D eigenvalue weighted by molar-refractivity contribution is 0.0862. The van der Waals surface area contributed by atoms with E-state index < -0.39 is 117 Å². The molecule has 2 aliphatic carbocycles. The zero-order valence-electron chi connectivity index (χ0n) is 31.6. The van der Waals surface area contributed by atoms with Gasteiger partial charge in [-0.15, -0.1) is 0 Å². The van der Waals surface area contributed by atoms with E-state index in [1.807, 2.05) is 0 Å². The fourth-order valence-corrected chi connectivity index (χ4v) is 6.90. The van der Waals surface area contributed by atoms with Crippen molar-refractivity contribution in [2.45, 2.75) is 75.5 Å². The number of rotatable bonds is 8. The Balaban J connectivity index is 0.000000228. The highest BCUT2D eigenvalue weighted by Crippen LogP contribution is 2.38. The molecule has 0 unspecified atom stereocenters. The maximum absolute atomic E-state index is 12.5. The zero-order valence-corrected chi connectivity index (χ0v) is 31.6. The highest BCUT2D eigenvalue weighted by molar-refractivity contribution is 5.98. The van der Waals surface area contributed by atoms with Crippen LogP contribution in [0.1, 0.15) is 92.8 Å². The summed E-state index contributed by atoms with van der Waals surface area (Å²) in [6.07, 6.45) is 5.51. The van der Waals surface area contributed by atoms with Crippen LogP contribution in [0.3, 0.4) is 0 Å². The monoisotopic (exact) mass is 836 g/mol. The number of amides is 4. The van der Waals surface area contributed by atoms with E-state index in [1.165, 1.54) is 0 Å². The summed E-state index contributed by atoms with van der Waals surface area (Å²) in [7, 11) is 0. The van der Waals surface area contributed by atoms with Crippen molar-refractivity contribution in [2.75, 3.05) is 0 Å². The summed E-state index contributed by atoms with van der Waals surface area (Å²) in [6, 6.07) is 6.33. The van der Waals surface area contributed by atoms with E-state index in [2.05, 4.69) is 21.3 Å². The molecule has 4 aromatic carbocycles. The van der Waals surface area contributed by atoms with E-state index in [9.17, 15) is 80.5 Å². The van der Waals surface area contributed by atoms with Gasteiger partial charge >= 0.3 is 0 Å². The molecule has 0 aromatic heterocycles. The molecule has 0 radical (unpaired) electrons. The Labute approximate surface area is 340 Å². The number of aromatic hydroxyl groups is 12. The van der Waals surface area contributed by atoms with Gasteiger partial charge in [-0.05, 0) is 74.2 Å². The number of nitrogens with one attached hydrogen (secondary N) is 4. The van der Waals surface area contributed by atoms with E-state index in [1.54, 1.807) is 0 Å². The van der Waals surface area contributed by atoms with Crippen LogP contribution >= 0.6 is 0 Å². The van der Waals surface area contributed by atoms with Gasteiger partial charge in [-0.25, -0.2) is 0 Å². The molecule has 16 N–H and O–H groups in total. The lowest BCUT2D eigenvalue weighted by Gasteiger charge is -2.33. The molecule has 0 spiro atoms. The third-order valence-corrected chi connectivity index (χ3v) is 10.1. The molecule has 2 fully saturated rings. The van der Waals surface area contributed by atoms with Crippen molar-refractivity contribution in [1.82, 2.24) is 21.3 Å². The normalized spacial score (nSPS) is 18.5. The molecule has 2 saturated carbocycles. The molecule has 20 nitrogen and oxygen atoms in total. The van der Waals surface area contributed by atoms with E-state index in [4.69, 9.17) is 0 Å². The van der Waals surface area contributed by atoms with Gasteiger partial charge in [0.15, 0.2) is 69.0 Å². The molecule has 6 rings (SSSR count). The van der Waals surface area contributed by atoms with Crippen LogP contribution < -0.4 is 21.3 Å². The summed E-state index contributed by atoms with van der Waals surface area (Å²) in [5.74, 6) is -10.4. The molecule has 0 saturated heterocycles. The number of benzene rings is 4. The van der Waals surface area contributed by atoms with Gasteiger partial charge in [0.25, 0.3) is 23.6 Å². The summed E-state index contributed by atoms with van der Waals surface area (Å²) >= 11 is 0. The van der Waals surface area contributed by atoms with Crippen LogP contribution in [0.5, 0.6) is 69.0 Å². The van der Waals surface area contributed by atoms with Crippen LogP contribution in [0.2, 0.25) is 0 Å². The second kappa shape index (κ2) is 18.3. The maximum Gasteiger partial charge on any atom is 0.251 e. The average Bonchev–Trinajstić information content (AvgIpc) is 3.20. The summed E-state index contributed by atoms with van der Waals surface area (Å²) < 4.78 is 0. The number of phenols is 12. The molecule has 320 valence electrons. The van der Waals surface area contributed by atoms with Gasteiger partial charge in [0.2, 0.25) is 0 Å². The average molecular weight is 837 g/mol. The van der Waals surface area contributed by atoms with Gasteiger partial charge in [-0.2, -0.15) is 0 Å². The van der Waals surface area contributed by atoms with Gasteiger partial charge in [-0.1, -0.05) is 25.7 Å². The summed E-state index contributed by atoms with van der Waals surface area (Å²) in [5.41, 5.74) is -0.252. The molecule has 0 aliphatic heterocycles. The smallest absolute Gasteiger partial charge is 0.251 e. The van der Waals surface area contributed by atoms with Crippen molar-refractivity contribution >= 4 is 23.6 Å². The van der Waals surface area contributed by atoms with E-state index in [0.29, 0.717) is 25.7 Å². The van der Waals surface area contributed by atoms with Crippen LogP contribution in [0.15, 0.2) is 48.5 Å². The Hall–Kier alpha value is -7.64. The first-order valence-corrected chi connectivity index (χ1v) is 18.6. The van der Waals surface area contributed by atoms with Gasteiger partial charge in [-0.3, -0.25) is 19.2 Å². The summed E-state index contributed by atoms with van der Waals surface area (Å²) in [6.45, 7) is 0. The number of phenolic OH excluding ortho intramolecular Hbond substituents is 12. The highest BCUT2D eigenvalue weighted by Gasteiger charge is 2.31. The maximum atomic E-state index is 12.5. The summed E-state index contributed by atoms with van der Waals surface area (Å²) in [4.78, 5) is 50.1. The molecule has 4 atom stereocenters. The minimum Gasteiger partial charge on any atom is -0.504 e. The molecule has 0 heterocycles. The van der Waals surface area contributed by atoms with Crippen molar-refractivity contribution in [2.24, 2.45) is 0 Å². The Bertz CT molecular complexity index is 1890. The Morgan fingerprint density at radius 3 is 0.617 bits per heavy atom. The quantitative estimate of drug-likeness (QED) is 0.113. The Morgan fingerprint density at radius 1 is 0.317 bits per heavy atom. The Morgan fingerprint density at radius 2 is 0.467 bits per heavy atom. The topological polar surface area (TPSA) is 359 Å². The number of carbonyl (C=O) groups excluding carboxylic acids is 4. The van der Waals surface area contributed by atoms with E-state index >= 15 is 0 Å². The lowest BCUT2D eigenvalue weighted by Crippen LogP contribution is -2.53. The third kappa shape index (κ3) is 10.1. The van der Waals surface area contributed by atoms with E-state index in [-0.39, 0.29) is 22.3 Å².